The van der Waals surface area contributed by atoms with Crippen molar-refractivity contribution in [2.45, 2.75) is 33.6 Å². The molecule has 4 nitrogen and oxygen atoms in total. The number of hydrogen-bond acceptors (Lipinski definition) is 4. The Morgan fingerprint density at radius 1 is 1.09 bits per heavy atom. The first-order valence-corrected chi connectivity index (χ1v) is 7.51. The van der Waals surface area contributed by atoms with Gasteiger partial charge in [0.2, 0.25) is 0 Å². The summed E-state index contributed by atoms with van der Waals surface area (Å²) in [5.41, 5.74) is 6.80. The lowest BCUT2D eigenvalue weighted by atomic mass is 10.1. The molecule has 0 spiro atoms. The summed E-state index contributed by atoms with van der Waals surface area (Å²) in [5, 5.41) is 0. The van der Waals surface area contributed by atoms with Crippen LogP contribution in [0.4, 0.5) is 5.69 Å². The van der Waals surface area contributed by atoms with Gasteiger partial charge in [0.25, 0.3) is 0 Å². The third-order valence-electron chi connectivity index (χ3n) is 3.62. The van der Waals surface area contributed by atoms with Crippen LogP contribution >= 0.6 is 0 Å². The first kappa shape index (κ1) is 16.2. The number of rotatable bonds is 6. The van der Waals surface area contributed by atoms with Crippen LogP contribution in [0.5, 0.6) is 17.2 Å². The van der Waals surface area contributed by atoms with Gasteiger partial charge in [0.05, 0.1) is 7.11 Å². The van der Waals surface area contributed by atoms with Crippen LogP contribution < -0.4 is 20.7 Å². The van der Waals surface area contributed by atoms with E-state index in [4.69, 9.17) is 15.3 Å². The Morgan fingerprint density at radius 2 is 1.77 bits per heavy atom. The Kier molecular flexibility index (Phi) is 5.28. The number of benzene rings is 2. The van der Waals surface area contributed by atoms with Crippen LogP contribution in [-0.4, -0.2) is 7.11 Å². The molecule has 22 heavy (non-hydrogen) atoms. The summed E-state index contributed by atoms with van der Waals surface area (Å²) < 4.78 is 11.5. The first-order valence-electron chi connectivity index (χ1n) is 7.51. The fourth-order valence-corrected chi connectivity index (χ4v) is 2.60. The molecule has 3 N–H and O–H groups in total. The SMILES string of the molecule is CCCc1cc(Oc2c(C)cc(NN)cc2C)ccc1OC. The molecule has 2 rings (SSSR count). The van der Waals surface area contributed by atoms with Crippen molar-refractivity contribution in [3.8, 4) is 17.2 Å². The van der Waals surface area contributed by atoms with Gasteiger partial charge in [-0.15, -0.1) is 0 Å². The molecular formula is C18H24N2O2. The maximum Gasteiger partial charge on any atom is 0.133 e. The van der Waals surface area contributed by atoms with E-state index in [1.54, 1.807) is 7.11 Å². The fourth-order valence-electron chi connectivity index (χ4n) is 2.60. The van der Waals surface area contributed by atoms with E-state index in [0.717, 1.165) is 52.5 Å². The lowest BCUT2D eigenvalue weighted by Gasteiger charge is -2.15. The Bertz CT molecular complexity index is 631. The molecule has 2 aromatic rings. The third-order valence-corrected chi connectivity index (χ3v) is 3.62. The van der Waals surface area contributed by atoms with Crippen molar-refractivity contribution in [1.82, 2.24) is 0 Å². The fraction of sp³-hybridized carbons (Fsp3) is 0.333. The molecule has 0 aromatic heterocycles. The molecule has 0 radical (unpaired) electrons. The minimum atomic E-state index is 0.823. The second-order valence-corrected chi connectivity index (χ2v) is 5.41. The molecule has 0 fully saturated rings. The van der Waals surface area contributed by atoms with Crippen molar-refractivity contribution < 1.29 is 9.47 Å². The first-order chi connectivity index (χ1) is 10.6. The van der Waals surface area contributed by atoms with E-state index in [-0.39, 0.29) is 0 Å². The maximum absolute atomic E-state index is 6.10. The number of hydrogen-bond donors (Lipinski definition) is 2. The molecule has 0 unspecified atom stereocenters. The minimum Gasteiger partial charge on any atom is -0.496 e. The van der Waals surface area contributed by atoms with E-state index in [2.05, 4.69) is 18.4 Å². The number of nitrogens with one attached hydrogen (secondary N) is 1. The number of nitrogen functional groups attached to an aromatic ring is 1. The highest BCUT2D eigenvalue weighted by atomic mass is 16.5. The number of hydrazine groups is 1. The number of methoxy groups -OCH3 is 1. The van der Waals surface area contributed by atoms with Crippen LogP contribution in [0, 0.1) is 13.8 Å². The van der Waals surface area contributed by atoms with E-state index >= 15 is 0 Å². The molecule has 0 atom stereocenters. The average molecular weight is 300 g/mol. The number of nitrogens with two attached hydrogens (primary N) is 1. The molecule has 0 saturated heterocycles. The predicted molar refractivity (Wildman–Crippen MR) is 90.8 cm³/mol. The van der Waals surface area contributed by atoms with Gasteiger partial charge < -0.3 is 14.9 Å². The van der Waals surface area contributed by atoms with Crippen molar-refractivity contribution in [3.05, 3.63) is 47.0 Å². The van der Waals surface area contributed by atoms with Gasteiger partial charge in [-0.3, -0.25) is 5.84 Å². The summed E-state index contributed by atoms with van der Waals surface area (Å²) in [7, 11) is 1.70. The van der Waals surface area contributed by atoms with Crippen molar-refractivity contribution in [2.75, 3.05) is 12.5 Å². The van der Waals surface area contributed by atoms with Crippen LogP contribution in [0.3, 0.4) is 0 Å². The molecule has 0 bridgehead atoms. The second-order valence-electron chi connectivity index (χ2n) is 5.41. The predicted octanol–water partition coefficient (Wildman–Crippen LogP) is 4.34. The van der Waals surface area contributed by atoms with Crippen LogP contribution in [-0.2, 0) is 6.42 Å². The zero-order valence-corrected chi connectivity index (χ0v) is 13.7. The summed E-state index contributed by atoms with van der Waals surface area (Å²) >= 11 is 0. The number of ether oxygens (including phenoxy) is 2. The quantitative estimate of drug-likeness (QED) is 0.615. The molecule has 0 heterocycles. The van der Waals surface area contributed by atoms with Crippen molar-refractivity contribution in [1.29, 1.82) is 0 Å². The van der Waals surface area contributed by atoms with E-state index in [1.807, 2.05) is 38.1 Å². The summed E-state index contributed by atoms with van der Waals surface area (Å²) in [4.78, 5) is 0. The van der Waals surface area contributed by atoms with Crippen LogP contribution in [0.15, 0.2) is 30.3 Å². The van der Waals surface area contributed by atoms with E-state index in [0.29, 0.717) is 0 Å². The highest BCUT2D eigenvalue weighted by Crippen LogP contribution is 2.33. The maximum atomic E-state index is 6.10. The standard InChI is InChI=1S/C18H24N2O2/c1-5-6-14-11-16(7-8-17(14)21-4)22-18-12(2)9-15(20-19)10-13(18)3/h7-11,20H,5-6,19H2,1-4H3. The zero-order chi connectivity index (χ0) is 16.1. The van der Waals surface area contributed by atoms with Crippen molar-refractivity contribution >= 4 is 5.69 Å². The van der Waals surface area contributed by atoms with Crippen molar-refractivity contribution in [2.24, 2.45) is 5.84 Å². The lowest BCUT2D eigenvalue weighted by molar-refractivity contribution is 0.407. The summed E-state index contributed by atoms with van der Waals surface area (Å²) in [6.07, 6.45) is 2.03. The molecule has 0 aliphatic heterocycles. The van der Waals surface area contributed by atoms with E-state index < -0.39 is 0 Å². The van der Waals surface area contributed by atoms with E-state index in [9.17, 15) is 0 Å². The third kappa shape index (κ3) is 3.52. The lowest BCUT2D eigenvalue weighted by Crippen LogP contribution is -2.07. The Hall–Kier alpha value is -2.20. The molecule has 118 valence electrons. The van der Waals surface area contributed by atoms with Crippen LogP contribution in [0.1, 0.15) is 30.0 Å². The molecular weight excluding hydrogens is 276 g/mol. The molecule has 0 aliphatic rings. The topological polar surface area (TPSA) is 56.5 Å². The highest BCUT2D eigenvalue weighted by molar-refractivity contribution is 5.55. The zero-order valence-electron chi connectivity index (χ0n) is 13.7. The van der Waals surface area contributed by atoms with E-state index in [1.165, 1.54) is 0 Å². The largest absolute Gasteiger partial charge is 0.496 e. The molecule has 0 aliphatic carbocycles. The summed E-state index contributed by atoms with van der Waals surface area (Å²) in [6, 6.07) is 9.89. The van der Waals surface area contributed by atoms with Gasteiger partial charge in [-0.1, -0.05) is 13.3 Å². The molecule has 0 saturated carbocycles. The monoisotopic (exact) mass is 300 g/mol. The number of anilines is 1. The second kappa shape index (κ2) is 7.18. The van der Waals surface area contributed by atoms with Gasteiger partial charge in [-0.05, 0) is 67.3 Å². The molecule has 4 heteroatoms. The number of aryl methyl sites for hydroxylation is 3. The molecule has 0 amide bonds. The van der Waals surface area contributed by atoms with Crippen molar-refractivity contribution in [3.63, 3.8) is 0 Å². The molecule has 2 aromatic carbocycles. The highest BCUT2D eigenvalue weighted by Gasteiger charge is 2.10. The smallest absolute Gasteiger partial charge is 0.133 e. The van der Waals surface area contributed by atoms with Gasteiger partial charge in [0, 0.05) is 5.69 Å². The van der Waals surface area contributed by atoms with Gasteiger partial charge in [0.1, 0.15) is 17.2 Å². The Morgan fingerprint density at radius 3 is 2.32 bits per heavy atom. The van der Waals surface area contributed by atoms with Gasteiger partial charge in [-0.25, -0.2) is 0 Å². The van der Waals surface area contributed by atoms with Gasteiger partial charge in [0.15, 0.2) is 0 Å². The normalized spacial score (nSPS) is 10.4. The van der Waals surface area contributed by atoms with Gasteiger partial charge in [-0.2, -0.15) is 0 Å². The van der Waals surface area contributed by atoms with Crippen LogP contribution in [0.25, 0.3) is 0 Å². The average Bonchev–Trinajstić information content (AvgIpc) is 2.51. The van der Waals surface area contributed by atoms with Crippen LogP contribution in [0.2, 0.25) is 0 Å². The summed E-state index contributed by atoms with van der Waals surface area (Å²) in [6.45, 7) is 6.18. The Labute approximate surface area is 132 Å². The summed E-state index contributed by atoms with van der Waals surface area (Å²) in [5.74, 6) is 8.07. The Balaban J connectivity index is 2.33. The minimum absolute atomic E-state index is 0.823. The van der Waals surface area contributed by atoms with Gasteiger partial charge >= 0.3 is 0 Å².